The van der Waals surface area contributed by atoms with E-state index in [4.69, 9.17) is 5.84 Å². The Kier molecular flexibility index (Phi) is 4.49. The van der Waals surface area contributed by atoms with Crippen LogP contribution in [0.25, 0.3) is 0 Å². The van der Waals surface area contributed by atoms with E-state index in [9.17, 15) is 18.0 Å². The molecule has 0 saturated carbocycles. The molecule has 0 spiro atoms. The predicted octanol–water partition coefficient (Wildman–Crippen LogP) is 1.39. The van der Waals surface area contributed by atoms with Crippen molar-refractivity contribution in [3.8, 4) is 0 Å². The van der Waals surface area contributed by atoms with Crippen LogP contribution in [0.1, 0.15) is 16.8 Å². The molecule has 100 valence electrons. The Balaban J connectivity index is 2.74. The number of nitrogens with two attached hydrogens (primary N) is 1. The Bertz CT molecular complexity index is 422. The first kappa shape index (κ1) is 14.2. The lowest BCUT2D eigenvalue weighted by atomic mass is 10.2. The summed E-state index contributed by atoms with van der Waals surface area (Å²) in [6.45, 7) is -0.408. The number of hydrogen-bond acceptors (Lipinski definition) is 4. The van der Waals surface area contributed by atoms with Crippen molar-refractivity contribution in [1.29, 1.82) is 0 Å². The van der Waals surface area contributed by atoms with Gasteiger partial charge in [-0.25, -0.2) is 0 Å². The first-order valence-electron chi connectivity index (χ1n) is 5.08. The number of hydrogen-bond donors (Lipinski definition) is 2. The highest BCUT2D eigenvalue weighted by atomic mass is 19.4. The first-order valence-corrected chi connectivity index (χ1v) is 5.08. The van der Waals surface area contributed by atoms with Crippen LogP contribution in [0.15, 0.2) is 18.5 Å². The van der Waals surface area contributed by atoms with Gasteiger partial charge in [0.1, 0.15) is 0 Å². The Morgan fingerprint density at radius 3 is 2.78 bits per heavy atom. The van der Waals surface area contributed by atoms with Crippen LogP contribution in [-0.2, 0) is 0 Å². The normalized spacial score (nSPS) is 11.2. The van der Waals surface area contributed by atoms with Crippen LogP contribution in [0, 0.1) is 0 Å². The first-order chi connectivity index (χ1) is 8.35. The molecule has 0 radical (unpaired) electrons. The number of halogens is 3. The second kappa shape index (κ2) is 5.67. The van der Waals surface area contributed by atoms with Crippen molar-refractivity contribution in [1.82, 2.24) is 9.88 Å². The van der Waals surface area contributed by atoms with E-state index in [1.807, 2.05) is 0 Å². The van der Waals surface area contributed by atoms with Gasteiger partial charge in [-0.15, -0.1) is 0 Å². The maximum atomic E-state index is 12.0. The lowest BCUT2D eigenvalue weighted by Gasteiger charge is -2.19. The SMILES string of the molecule is CN(CCC(F)(F)F)C(=O)c1ccncc1NN. The molecule has 1 amide bonds. The molecule has 8 heteroatoms. The minimum atomic E-state index is -4.29. The standard InChI is InChI=1S/C10H13F3N4O/c1-17(5-3-10(11,12)13)9(18)7-2-4-15-6-8(7)16-14/h2,4,6,16H,3,5,14H2,1H3. The van der Waals surface area contributed by atoms with E-state index in [0.717, 1.165) is 4.90 Å². The Morgan fingerprint density at radius 2 is 2.22 bits per heavy atom. The molecule has 1 heterocycles. The molecule has 5 nitrogen and oxygen atoms in total. The topological polar surface area (TPSA) is 71.2 Å². The summed E-state index contributed by atoms with van der Waals surface area (Å²) in [6, 6.07) is 1.39. The van der Waals surface area contributed by atoms with Gasteiger partial charge in [-0.3, -0.25) is 15.6 Å². The number of carbonyl (C=O) groups excluding carboxylic acids is 1. The summed E-state index contributed by atoms with van der Waals surface area (Å²) >= 11 is 0. The number of alkyl halides is 3. The molecule has 1 rings (SSSR count). The summed E-state index contributed by atoms with van der Waals surface area (Å²) in [5.41, 5.74) is 2.71. The molecule has 3 N–H and O–H groups in total. The van der Waals surface area contributed by atoms with Gasteiger partial charge < -0.3 is 10.3 Å². The molecule has 0 aliphatic rings. The van der Waals surface area contributed by atoms with E-state index >= 15 is 0 Å². The monoisotopic (exact) mass is 262 g/mol. The number of nitrogens with one attached hydrogen (secondary N) is 1. The van der Waals surface area contributed by atoms with E-state index in [2.05, 4.69) is 10.4 Å². The molecule has 0 unspecified atom stereocenters. The van der Waals surface area contributed by atoms with E-state index in [1.165, 1.54) is 25.5 Å². The minimum Gasteiger partial charge on any atom is -0.341 e. The van der Waals surface area contributed by atoms with Gasteiger partial charge in [0.05, 0.1) is 23.9 Å². The highest BCUT2D eigenvalue weighted by molar-refractivity contribution is 5.99. The number of pyridine rings is 1. The average Bonchev–Trinajstić information content (AvgIpc) is 2.34. The third kappa shape index (κ3) is 3.88. The molecule has 1 aromatic heterocycles. The zero-order valence-electron chi connectivity index (χ0n) is 9.66. The maximum absolute atomic E-state index is 12.0. The number of nitrogens with zero attached hydrogens (tertiary/aromatic N) is 2. The van der Waals surface area contributed by atoms with Gasteiger partial charge in [-0.1, -0.05) is 0 Å². The molecular weight excluding hydrogens is 249 g/mol. The number of nitrogen functional groups attached to an aromatic ring is 1. The van der Waals surface area contributed by atoms with Crippen LogP contribution in [0.2, 0.25) is 0 Å². The van der Waals surface area contributed by atoms with Crippen LogP contribution in [0.5, 0.6) is 0 Å². The van der Waals surface area contributed by atoms with E-state index < -0.39 is 25.0 Å². The minimum absolute atomic E-state index is 0.178. The fourth-order valence-electron chi connectivity index (χ4n) is 1.30. The van der Waals surface area contributed by atoms with Gasteiger partial charge in [-0.2, -0.15) is 13.2 Å². The molecule has 0 fully saturated rings. The van der Waals surface area contributed by atoms with Crippen molar-refractivity contribution >= 4 is 11.6 Å². The summed E-state index contributed by atoms with van der Waals surface area (Å²) in [5, 5.41) is 0. The quantitative estimate of drug-likeness (QED) is 0.635. The molecule has 18 heavy (non-hydrogen) atoms. The number of amides is 1. The van der Waals surface area contributed by atoms with E-state index in [1.54, 1.807) is 0 Å². The highest BCUT2D eigenvalue weighted by Crippen LogP contribution is 2.20. The van der Waals surface area contributed by atoms with Crippen molar-refractivity contribution in [2.24, 2.45) is 5.84 Å². The van der Waals surface area contributed by atoms with Crippen LogP contribution < -0.4 is 11.3 Å². The number of carbonyl (C=O) groups is 1. The highest BCUT2D eigenvalue weighted by Gasteiger charge is 2.28. The Labute approximate surface area is 102 Å². The maximum Gasteiger partial charge on any atom is 0.390 e. The molecule has 0 saturated heterocycles. The van der Waals surface area contributed by atoms with Crippen molar-refractivity contribution < 1.29 is 18.0 Å². The molecule has 0 aliphatic carbocycles. The zero-order chi connectivity index (χ0) is 13.8. The summed E-state index contributed by atoms with van der Waals surface area (Å²) < 4.78 is 36.1. The predicted molar refractivity (Wildman–Crippen MR) is 59.7 cm³/mol. The second-order valence-corrected chi connectivity index (χ2v) is 3.66. The largest absolute Gasteiger partial charge is 0.390 e. The average molecular weight is 262 g/mol. The lowest BCUT2D eigenvalue weighted by Crippen LogP contribution is -2.31. The number of aromatic nitrogens is 1. The number of hydrazine groups is 1. The fourth-order valence-corrected chi connectivity index (χ4v) is 1.30. The van der Waals surface area contributed by atoms with Gasteiger partial charge in [0.25, 0.3) is 5.91 Å². The van der Waals surface area contributed by atoms with Gasteiger partial charge in [0.15, 0.2) is 0 Å². The zero-order valence-corrected chi connectivity index (χ0v) is 9.66. The molecule has 0 aromatic carbocycles. The van der Waals surface area contributed by atoms with Gasteiger partial charge in [-0.05, 0) is 6.07 Å². The fraction of sp³-hybridized carbons (Fsp3) is 0.400. The molecule has 0 bridgehead atoms. The van der Waals surface area contributed by atoms with Gasteiger partial charge >= 0.3 is 6.18 Å². The van der Waals surface area contributed by atoms with Crippen molar-refractivity contribution in [2.75, 3.05) is 19.0 Å². The third-order valence-electron chi connectivity index (χ3n) is 2.28. The molecule has 0 atom stereocenters. The van der Waals surface area contributed by atoms with Crippen LogP contribution in [0.4, 0.5) is 18.9 Å². The summed E-state index contributed by atoms with van der Waals surface area (Å²) in [6.07, 6.45) is -2.65. The lowest BCUT2D eigenvalue weighted by molar-refractivity contribution is -0.136. The van der Waals surface area contributed by atoms with Crippen molar-refractivity contribution in [3.63, 3.8) is 0 Å². The van der Waals surface area contributed by atoms with Crippen molar-refractivity contribution in [2.45, 2.75) is 12.6 Å². The van der Waals surface area contributed by atoms with E-state index in [0.29, 0.717) is 0 Å². The van der Waals surface area contributed by atoms with E-state index in [-0.39, 0.29) is 11.3 Å². The summed E-state index contributed by atoms with van der Waals surface area (Å²) in [5.74, 6) is 4.64. The third-order valence-corrected chi connectivity index (χ3v) is 2.28. The molecular formula is C10H13F3N4O. The summed E-state index contributed by atoms with van der Waals surface area (Å²) in [7, 11) is 1.30. The van der Waals surface area contributed by atoms with Crippen LogP contribution in [-0.4, -0.2) is 35.6 Å². The number of rotatable bonds is 4. The Morgan fingerprint density at radius 1 is 1.56 bits per heavy atom. The van der Waals surface area contributed by atoms with Crippen LogP contribution in [0.3, 0.4) is 0 Å². The Hall–Kier alpha value is -1.83. The number of anilines is 1. The second-order valence-electron chi connectivity index (χ2n) is 3.66. The molecule has 0 aliphatic heterocycles. The van der Waals surface area contributed by atoms with Crippen LogP contribution >= 0.6 is 0 Å². The smallest absolute Gasteiger partial charge is 0.341 e. The summed E-state index contributed by atoms with van der Waals surface area (Å²) in [4.78, 5) is 16.6. The molecule has 1 aromatic rings. The van der Waals surface area contributed by atoms with Crippen molar-refractivity contribution in [3.05, 3.63) is 24.0 Å². The van der Waals surface area contributed by atoms with Gasteiger partial charge in [0, 0.05) is 19.8 Å². The van der Waals surface area contributed by atoms with Gasteiger partial charge in [0.2, 0.25) is 0 Å².